The summed E-state index contributed by atoms with van der Waals surface area (Å²) >= 11 is 11.8. The third-order valence-electron chi connectivity index (χ3n) is 6.54. The van der Waals surface area contributed by atoms with Gasteiger partial charge in [0.25, 0.3) is 10.0 Å². The second-order valence-corrected chi connectivity index (χ2v) is 12.0. The molecule has 1 amide bonds. The highest BCUT2D eigenvalue weighted by Gasteiger charge is 2.35. The summed E-state index contributed by atoms with van der Waals surface area (Å²) in [6.45, 7) is 3.19. The van der Waals surface area contributed by atoms with Crippen LogP contribution in [-0.2, 0) is 14.8 Å². The number of rotatable bonds is 4. The zero-order chi connectivity index (χ0) is 29.5. The molecule has 1 aromatic carbocycles. The quantitative estimate of drug-likeness (QED) is 0.366. The third-order valence-corrected chi connectivity index (χ3v) is 8.60. The SMILES string of the molecule is CC(=O)NS(=O)(=O)c1ccc(NC(=S)N2CCN(c3ncnc4[nH]c5c(c34)C=C(Cl)CC(C(F)(F)F)=C5)CC2)cc1. The summed E-state index contributed by atoms with van der Waals surface area (Å²) in [6, 6.07) is 5.82. The van der Waals surface area contributed by atoms with Crippen LogP contribution >= 0.6 is 23.8 Å². The first-order valence-corrected chi connectivity index (χ1v) is 14.5. The van der Waals surface area contributed by atoms with Gasteiger partial charge in [-0.1, -0.05) is 11.6 Å². The molecule has 0 bridgehead atoms. The van der Waals surface area contributed by atoms with E-state index in [9.17, 15) is 26.4 Å². The van der Waals surface area contributed by atoms with Crippen molar-refractivity contribution in [2.24, 2.45) is 0 Å². The van der Waals surface area contributed by atoms with Crippen molar-refractivity contribution in [2.45, 2.75) is 24.4 Å². The van der Waals surface area contributed by atoms with Crippen molar-refractivity contribution in [3.8, 4) is 0 Å². The van der Waals surface area contributed by atoms with Crippen LogP contribution in [0.3, 0.4) is 0 Å². The van der Waals surface area contributed by atoms with Crippen LogP contribution in [0.5, 0.6) is 0 Å². The van der Waals surface area contributed by atoms with E-state index in [2.05, 4.69) is 20.3 Å². The summed E-state index contributed by atoms with van der Waals surface area (Å²) in [5, 5.41) is 4.17. The van der Waals surface area contributed by atoms with Crippen LogP contribution in [0.4, 0.5) is 24.7 Å². The fourth-order valence-electron chi connectivity index (χ4n) is 4.64. The van der Waals surface area contributed by atoms with E-state index >= 15 is 0 Å². The van der Waals surface area contributed by atoms with E-state index in [0.717, 1.165) is 13.0 Å². The highest BCUT2D eigenvalue weighted by molar-refractivity contribution is 7.90. The smallest absolute Gasteiger partial charge is 0.352 e. The third kappa shape index (κ3) is 6.16. The Hall–Kier alpha value is -3.69. The van der Waals surface area contributed by atoms with Crippen molar-refractivity contribution < 1.29 is 26.4 Å². The number of nitrogens with one attached hydrogen (secondary N) is 3. The minimum Gasteiger partial charge on any atom is -0.352 e. The van der Waals surface area contributed by atoms with Gasteiger partial charge in [-0.05, 0) is 48.6 Å². The Labute approximate surface area is 243 Å². The van der Waals surface area contributed by atoms with Gasteiger partial charge in [0, 0.05) is 67.1 Å². The maximum Gasteiger partial charge on any atom is 0.413 e. The van der Waals surface area contributed by atoms with Gasteiger partial charge in [-0.25, -0.2) is 23.1 Å². The van der Waals surface area contributed by atoms with Crippen molar-refractivity contribution in [1.29, 1.82) is 0 Å². The molecule has 41 heavy (non-hydrogen) atoms. The Morgan fingerprint density at radius 2 is 1.78 bits per heavy atom. The van der Waals surface area contributed by atoms with Gasteiger partial charge in [0.05, 0.1) is 10.3 Å². The number of aromatic amines is 1. The number of anilines is 2. The van der Waals surface area contributed by atoms with E-state index in [1.54, 1.807) is 12.1 Å². The number of sulfonamides is 1. The Morgan fingerprint density at radius 1 is 1.10 bits per heavy atom. The van der Waals surface area contributed by atoms with E-state index in [0.29, 0.717) is 59.4 Å². The van der Waals surface area contributed by atoms with Crippen LogP contribution in [-0.4, -0.2) is 71.6 Å². The fourth-order valence-corrected chi connectivity index (χ4v) is 6.18. The molecule has 2 aliphatic rings. The van der Waals surface area contributed by atoms with Crippen LogP contribution in [0, 0.1) is 0 Å². The molecule has 5 rings (SSSR count). The van der Waals surface area contributed by atoms with Crippen molar-refractivity contribution in [1.82, 2.24) is 24.6 Å². The molecule has 0 atom stereocenters. The van der Waals surface area contributed by atoms with Gasteiger partial charge in [0.2, 0.25) is 5.91 Å². The molecule has 3 aromatic rings. The van der Waals surface area contributed by atoms with Gasteiger partial charge >= 0.3 is 6.18 Å². The fraction of sp³-hybridized carbons (Fsp3) is 0.280. The zero-order valence-electron chi connectivity index (χ0n) is 21.4. The number of nitrogens with zero attached hydrogens (tertiary/aromatic N) is 4. The minimum absolute atomic E-state index is 0.0575. The molecule has 216 valence electrons. The van der Waals surface area contributed by atoms with Crippen LogP contribution in [0.15, 0.2) is 46.1 Å². The first-order valence-electron chi connectivity index (χ1n) is 12.3. The Balaban J connectivity index is 1.30. The zero-order valence-corrected chi connectivity index (χ0v) is 23.8. The molecule has 0 radical (unpaired) electrons. The van der Waals surface area contributed by atoms with Crippen LogP contribution in [0.25, 0.3) is 23.2 Å². The first-order chi connectivity index (χ1) is 19.3. The van der Waals surface area contributed by atoms with Crippen molar-refractivity contribution in [3.05, 3.63) is 52.5 Å². The maximum absolute atomic E-state index is 13.5. The average Bonchev–Trinajstić information content (AvgIpc) is 3.14. The highest BCUT2D eigenvalue weighted by Crippen LogP contribution is 2.40. The summed E-state index contributed by atoms with van der Waals surface area (Å²) in [4.78, 5) is 26.7. The summed E-state index contributed by atoms with van der Waals surface area (Å²) in [5.74, 6) is -0.110. The van der Waals surface area contributed by atoms with Crippen LogP contribution in [0.2, 0.25) is 0 Å². The second kappa shape index (κ2) is 10.9. The molecule has 1 aliphatic heterocycles. The summed E-state index contributed by atoms with van der Waals surface area (Å²) in [7, 11) is -3.94. The number of benzene rings is 1. The molecule has 10 nitrogen and oxygen atoms in total. The number of aromatic nitrogens is 3. The van der Waals surface area contributed by atoms with E-state index < -0.39 is 34.1 Å². The van der Waals surface area contributed by atoms with E-state index in [-0.39, 0.29) is 15.6 Å². The largest absolute Gasteiger partial charge is 0.413 e. The Morgan fingerprint density at radius 3 is 2.41 bits per heavy atom. The van der Waals surface area contributed by atoms with Gasteiger partial charge < -0.3 is 20.1 Å². The number of carbonyl (C=O) groups is 1. The number of H-pyrrole nitrogens is 1. The number of amides is 1. The Bertz CT molecular complexity index is 1700. The number of allylic oxidation sites excluding steroid dienone is 2. The lowest BCUT2D eigenvalue weighted by Gasteiger charge is -2.37. The minimum atomic E-state index is -4.52. The molecule has 1 aliphatic carbocycles. The van der Waals surface area contributed by atoms with Gasteiger partial charge in [0.1, 0.15) is 17.8 Å². The lowest BCUT2D eigenvalue weighted by Crippen LogP contribution is -2.50. The average molecular weight is 626 g/mol. The van der Waals surface area contributed by atoms with Gasteiger partial charge in [-0.15, -0.1) is 0 Å². The van der Waals surface area contributed by atoms with Gasteiger partial charge in [0.15, 0.2) is 5.11 Å². The molecule has 0 unspecified atom stereocenters. The maximum atomic E-state index is 13.5. The molecule has 16 heteroatoms. The lowest BCUT2D eigenvalue weighted by atomic mass is 10.1. The number of carbonyl (C=O) groups excluding carboxylic acids is 1. The lowest BCUT2D eigenvalue weighted by molar-refractivity contribution is -0.117. The number of hydrogen-bond acceptors (Lipinski definition) is 7. The van der Waals surface area contributed by atoms with Crippen LogP contribution < -0.4 is 14.9 Å². The molecule has 1 saturated heterocycles. The van der Waals surface area contributed by atoms with Crippen molar-refractivity contribution in [3.63, 3.8) is 0 Å². The molecule has 0 spiro atoms. The number of alkyl halides is 3. The predicted molar refractivity (Wildman–Crippen MR) is 154 cm³/mol. The monoisotopic (exact) mass is 625 g/mol. The molecule has 1 fully saturated rings. The summed E-state index contributed by atoms with van der Waals surface area (Å²) in [6.07, 6.45) is -0.983. The number of thiocarbonyl (C=S) groups is 1. The number of piperazine rings is 1. The van der Waals surface area contributed by atoms with Crippen LogP contribution in [0.1, 0.15) is 24.6 Å². The van der Waals surface area contributed by atoms with E-state index in [1.807, 2.05) is 14.5 Å². The predicted octanol–water partition coefficient (Wildman–Crippen LogP) is 4.23. The molecule has 0 saturated carbocycles. The van der Waals surface area contributed by atoms with Crippen molar-refractivity contribution in [2.75, 3.05) is 36.4 Å². The highest BCUT2D eigenvalue weighted by atomic mass is 35.5. The topological polar surface area (TPSA) is 123 Å². The molecule has 2 aromatic heterocycles. The first kappa shape index (κ1) is 28.8. The Kier molecular flexibility index (Phi) is 7.70. The summed E-state index contributed by atoms with van der Waals surface area (Å²) < 4.78 is 66.7. The number of fused-ring (bicyclic) bond motifs is 3. The standard InChI is InChI=1S/C25H23ClF3N7O3S2/c1-14(37)34-41(38,39)18-4-2-17(3-5-18)32-24(40)36-8-6-35(7-9-36)23-21-19-12-16(26)10-15(25(27,28)29)11-20(19)33-22(21)30-13-31-23/h2-5,11-13H,6-10H2,1H3,(H,32,40)(H,34,37)(H,30,31,33). The molecule has 3 N–H and O–H groups in total. The van der Waals surface area contributed by atoms with Gasteiger partial charge in [-0.2, -0.15) is 13.2 Å². The second-order valence-electron chi connectivity index (χ2n) is 9.40. The number of halogens is 4. The van der Waals surface area contributed by atoms with Gasteiger partial charge in [-0.3, -0.25) is 4.79 Å². The molecule has 3 heterocycles. The van der Waals surface area contributed by atoms with E-state index in [4.69, 9.17) is 23.8 Å². The van der Waals surface area contributed by atoms with Crippen molar-refractivity contribution >= 4 is 79.6 Å². The normalized spacial score (nSPS) is 16.0. The summed E-state index contributed by atoms with van der Waals surface area (Å²) in [5.41, 5.74) is 0.996. The van der Waals surface area contributed by atoms with E-state index in [1.165, 1.54) is 24.5 Å². The number of hydrogen-bond donors (Lipinski definition) is 3. The molecular formula is C25H23ClF3N7O3S2. The molecular weight excluding hydrogens is 603 g/mol.